The van der Waals surface area contributed by atoms with Crippen LogP contribution < -0.4 is 9.47 Å². The summed E-state index contributed by atoms with van der Waals surface area (Å²) in [6.07, 6.45) is 2.97. The van der Waals surface area contributed by atoms with Crippen LogP contribution in [0.3, 0.4) is 0 Å². The first-order valence-corrected chi connectivity index (χ1v) is 12.2. The Balaban J connectivity index is 1.39. The molecule has 0 aliphatic carbocycles. The third kappa shape index (κ3) is 5.24. The highest BCUT2D eigenvalue weighted by atomic mass is 32.1. The third-order valence-corrected chi connectivity index (χ3v) is 7.12. The summed E-state index contributed by atoms with van der Waals surface area (Å²) < 4.78 is 16.6. The molecule has 1 aromatic heterocycles. The van der Waals surface area contributed by atoms with Gasteiger partial charge < -0.3 is 19.1 Å². The highest BCUT2D eigenvalue weighted by molar-refractivity contribution is 7.13. The number of amides is 1. The maximum Gasteiger partial charge on any atom is 0.228 e. The largest absolute Gasteiger partial charge is 0.493 e. The van der Waals surface area contributed by atoms with Gasteiger partial charge in [-0.2, -0.15) is 0 Å². The molecule has 1 aromatic carbocycles. The first kappa shape index (κ1) is 23.0. The number of aromatic nitrogens is 1. The van der Waals surface area contributed by atoms with E-state index in [1.807, 2.05) is 23.6 Å². The van der Waals surface area contributed by atoms with Gasteiger partial charge in [-0.25, -0.2) is 4.98 Å². The molecule has 2 saturated heterocycles. The summed E-state index contributed by atoms with van der Waals surface area (Å²) in [5, 5.41) is 2.86. The Morgan fingerprint density at radius 2 is 1.94 bits per heavy atom. The highest BCUT2D eigenvalue weighted by Gasteiger charge is 2.32. The topological polar surface area (TPSA) is 64.1 Å². The van der Waals surface area contributed by atoms with Gasteiger partial charge in [0.05, 0.1) is 38.5 Å². The number of nitrogens with zero attached hydrogens (tertiary/aromatic N) is 3. The lowest BCUT2D eigenvalue weighted by Crippen LogP contribution is -2.51. The lowest BCUT2D eigenvalue weighted by atomic mass is 10.1. The van der Waals surface area contributed by atoms with Crippen molar-refractivity contribution in [1.29, 1.82) is 0 Å². The van der Waals surface area contributed by atoms with Crippen molar-refractivity contribution in [2.45, 2.75) is 51.4 Å². The van der Waals surface area contributed by atoms with Gasteiger partial charge in [0.25, 0.3) is 0 Å². The van der Waals surface area contributed by atoms with E-state index in [-0.39, 0.29) is 24.2 Å². The average Bonchev–Trinajstić information content (AvgIpc) is 3.42. The summed E-state index contributed by atoms with van der Waals surface area (Å²) >= 11 is 1.55. The summed E-state index contributed by atoms with van der Waals surface area (Å²) in [6, 6.07) is 6.04. The van der Waals surface area contributed by atoms with Crippen molar-refractivity contribution in [3.05, 3.63) is 29.3 Å². The number of benzene rings is 1. The van der Waals surface area contributed by atoms with E-state index in [9.17, 15) is 4.79 Å². The number of morpholine rings is 1. The van der Waals surface area contributed by atoms with E-state index >= 15 is 0 Å². The third-order valence-electron chi connectivity index (χ3n) is 6.18. The zero-order valence-electron chi connectivity index (χ0n) is 19.4. The summed E-state index contributed by atoms with van der Waals surface area (Å²) in [6.45, 7) is 7.88. The van der Waals surface area contributed by atoms with Crippen LogP contribution in [0.2, 0.25) is 0 Å². The highest BCUT2D eigenvalue weighted by Crippen LogP contribution is 2.33. The molecule has 2 fully saturated rings. The Labute approximate surface area is 194 Å². The lowest BCUT2D eigenvalue weighted by molar-refractivity contribution is -0.132. The van der Waals surface area contributed by atoms with Gasteiger partial charge in [-0.15, -0.1) is 11.3 Å². The Morgan fingerprint density at radius 1 is 1.19 bits per heavy atom. The number of methoxy groups -OCH3 is 2. The van der Waals surface area contributed by atoms with E-state index in [0.717, 1.165) is 55.3 Å². The number of carbonyl (C=O) groups excluding carboxylic acids is 1. The van der Waals surface area contributed by atoms with Crippen LogP contribution >= 0.6 is 11.3 Å². The first-order valence-electron chi connectivity index (χ1n) is 11.3. The normalized spacial score (nSPS) is 24.0. The maximum atomic E-state index is 13.1. The number of carbonyl (C=O) groups is 1. The van der Waals surface area contributed by atoms with Crippen LogP contribution in [0.25, 0.3) is 10.6 Å². The molecular weight excluding hydrogens is 426 g/mol. The molecule has 0 bridgehead atoms. The van der Waals surface area contributed by atoms with Gasteiger partial charge in [-0.3, -0.25) is 9.69 Å². The van der Waals surface area contributed by atoms with Crippen molar-refractivity contribution < 1.29 is 19.0 Å². The van der Waals surface area contributed by atoms with E-state index in [1.54, 1.807) is 25.6 Å². The van der Waals surface area contributed by atoms with Crippen LogP contribution in [0.1, 0.15) is 32.4 Å². The molecule has 2 aliphatic heterocycles. The second-order valence-electron chi connectivity index (χ2n) is 8.75. The Hall–Kier alpha value is -2.16. The summed E-state index contributed by atoms with van der Waals surface area (Å²) in [5.74, 6) is 1.53. The quantitative estimate of drug-likeness (QED) is 0.632. The average molecular weight is 460 g/mol. The minimum Gasteiger partial charge on any atom is -0.493 e. The molecule has 0 saturated carbocycles. The van der Waals surface area contributed by atoms with Crippen LogP contribution in [0.4, 0.5) is 0 Å². The van der Waals surface area contributed by atoms with Gasteiger partial charge in [-0.05, 0) is 44.9 Å². The van der Waals surface area contributed by atoms with E-state index < -0.39 is 0 Å². The van der Waals surface area contributed by atoms with Crippen molar-refractivity contribution in [3.63, 3.8) is 0 Å². The SMILES string of the molecule is COc1ccc(-c2nc(CC(=O)N3CCCC3CN3CC(C)OC(C)C3)cs2)cc1OC. The molecule has 3 atom stereocenters. The van der Waals surface area contributed by atoms with E-state index in [2.05, 4.69) is 23.6 Å². The van der Waals surface area contributed by atoms with Crippen molar-refractivity contribution in [3.8, 4) is 22.1 Å². The fraction of sp³-hybridized carbons (Fsp3) is 0.583. The summed E-state index contributed by atoms with van der Waals surface area (Å²) in [4.78, 5) is 22.4. The summed E-state index contributed by atoms with van der Waals surface area (Å²) in [5.41, 5.74) is 1.78. The molecule has 7 nitrogen and oxygen atoms in total. The zero-order chi connectivity index (χ0) is 22.7. The standard InChI is InChI=1S/C24H33N3O4S/c1-16-12-26(13-17(2)31-16)14-20-6-5-9-27(20)23(28)11-19-15-32-24(25-19)18-7-8-21(29-3)22(10-18)30-4/h7-8,10,15-17,20H,5-6,9,11-14H2,1-4H3. The van der Waals surface area contributed by atoms with Gasteiger partial charge in [0, 0.05) is 43.2 Å². The second-order valence-corrected chi connectivity index (χ2v) is 9.61. The molecule has 1 amide bonds. The maximum absolute atomic E-state index is 13.1. The molecule has 3 unspecified atom stereocenters. The molecule has 8 heteroatoms. The lowest BCUT2D eigenvalue weighted by Gasteiger charge is -2.38. The molecule has 0 N–H and O–H groups in total. The molecular formula is C24H33N3O4S. The number of thiazole rings is 1. The molecule has 4 rings (SSSR count). The second kappa shape index (κ2) is 10.2. The van der Waals surface area contributed by atoms with Crippen LogP contribution in [-0.4, -0.2) is 79.3 Å². The van der Waals surface area contributed by atoms with Crippen LogP contribution in [0.15, 0.2) is 23.6 Å². The fourth-order valence-electron chi connectivity index (χ4n) is 4.83. The molecule has 2 aliphatic rings. The van der Waals surface area contributed by atoms with Crippen molar-refractivity contribution in [2.24, 2.45) is 0 Å². The predicted molar refractivity (Wildman–Crippen MR) is 126 cm³/mol. The minimum atomic E-state index is 0.172. The smallest absolute Gasteiger partial charge is 0.228 e. The van der Waals surface area contributed by atoms with Gasteiger partial charge in [0.2, 0.25) is 5.91 Å². The number of hydrogen-bond acceptors (Lipinski definition) is 7. The van der Waals surface area contributed by atoms with Gasteiger partial charge in [-0.1, -0.05) is 0 Å². The molecule has 174 valence electrons. The molecule has 2 aromatic rings. The van der Waals surface area contributed by atoms with Crippen LogP contribution in [0, 0.1) is 0 Å². The van der Waals surface area contributed by atoms with Crippen LogP contribution in [-0.2, 0) is 16.0 Å². The van der Waals surface area contributed by atoms with Gasteiger partial charge in [0.15, 0.2) is 11.5 Å². The van der Waals surface area contributed by atoms with Gasteiger partial charge in [0.1, 0.15) is 5.01 Å². The first-order chi connectivity index (χ1) is 15.5. The number of rotatable bonds is 7. The van der Waals surface area contributed by atoms with Crippen molar-refractivity contribution in [2.75, 3.05) is 40.4 Å². The van der Waals surface area contributed by atoms with Gasteiger partial charge >= 0.3 is 0 Å². The Kier molecular flexibility index (Phi) is 7.33. The minimum absolute atomic E-state index is 0.172. The predicted octanol–water partition coefficient (Wildman–Crippen LogP) is 3.47. The molecule has 32 heavy (non-hydrogen) atoms. The Morgan fingerprint density at radius 3 is 2.66 bits per heavy atom. The fourth-order valence-corrected chi connectivity index (χ4v) is 5.65. The number of ether oxygens (including phenoxy) is 3. The van der Waals surface area contributed by atoms with E-state index in [4.69, 9.17) is 19.2 Å². The Bertz CT molecular complexity index is 924. The number of hydrogen-bond donors (Lipinski definition) is 0. The molecule has 0 spiro atoms. The number of likely N-dealkylation sites (tertiary alicyclic amines) is 1. The van der Waals surface area contributed by atoms with Crippen molar-refractivity contribution in [1.82, 2.24) is 14.8 Å². The van der Waals surface area contributed by atoms with E-state index in [1.165, 1.54) is 0 Å². The molecule has 3 heterocycles. The van der Waals surface area contributed by atoms with Crippen molar-refractivity contribution >= 4 is 17.2 Å². The zero-order valence-corrected chi connectivity index (χ0v) is 20.2. The molecule has 0 radical (unpaired) electrons. The van der Waals surface area contributed by atoms with E-state index in [0.29, 0.717) is 17.9 Å². The monoisotopic (exact) mass is 459 g/mol. The van der Waals surface area contributed by atoms with Crippen LogP contribution in [0.5, 0.6) is 11.5 Å². The summed E-state index contributed by atoms with van der Waals surface area (Å²) in [7, 11) is 3.24.